The van der Waals surface area contributed by atoms with E-state index in [1.807, 2.05) is 29.8 Å². The van der Waals surface area contributed by atoms with Gasteiger partial charge in [0.1, 0.15) is 11.9 Å². The average molecular weight is 237 g/mol. The second kappa shape index (κ2) is 4.85. The molecule has 1 aliphatic heterocycles. The summed E-state index contributed by atoms with van der Waals surface area (Å²) < 4.78 is 2.00. The Balaban J connectivity index is 1.99. The van der Waals surface area contributed by atoms with E-state index in [0.29, 0.717) is 6.54 Å². The molecule has 1 aliphatic rings. The molecule has 0 aromatic carbocycles. The molecule has 2 heterocycles. The number of primary amides is 1. The van der Waals surface area contributed by atoms with E-state index in [0.717, 1.165) is 25.5 Å². The van der Waals surface area contributed by atoms with E-state index in [2.05, 4.69) is 9.88 Å². The summed E-state index contributed by atoms with van der Waals surface area (Å²) in [5, 5.41) is 0. The minimum Gasteiger partial charge on any atom is -0.368 e. The van der Waals surface area contributed by atoms with Crippen LogP contribution in [0.15, 0.2) is 12.4 Å². The summed E-state index contributed by atoms with van der Waals surface area (Å²) in [7, 11) is 3.91. The molecule has 1 atom stereocenters. The van der Waals surface area contributed by atoms with Gasteiger partial charge in [0.2, 0.25) is 5.91 Å². The minimum atomic E-state index is -0.253. The van der Waals surface area contributed by atoms with E-state index in [9.17, 15) is 4.79 Å². The topological polar surface area (TPSA) is 67.4 Å². The Morgan fingerprint density at radius 3 is 2.88 bits per heavy atom. The molecule has 17 heavy (non-hydrogen) atoms. The van der Waals surface area contributed by atoms with Crippen molar-refractivity contribution in [1.29, 1.82) is 0 Å². The number of nitrogens with zero attached hydrogens (tertiary/aromatic N) is 4. The van der Waals surface area contributed by atoms with Crippen LogP contribution in [0, 0.1) is 0 Å². The van der Waals surface area contributed by atoms with Crippen LogP contribution in [0.2, 0.25) is 0 Å². The zero-order valence-electron chi connectivity index (χ0n) is 10.3. The Bertz CT molecular complexity index is 402. The Kier molecular flexibility index (Phi) is 3.44. The van der Waals surface area contributed by atoms with Gasteiger partial charge in [-0.2, -0.15) is 0 Å². The van der Waals surface area contributed by atoms with Crippen molar-refractivity contribution in [3.8, 4) is 0 Å². The van der Waals surface area contributed by atoms with Gasteiger partial charge in [-0.3, -0.25) is 14.6 Å². The predicted octanol–water partition coefficient (Wildman–Crippen LogP) is -0.979. The first-order valence-corrected chi connectivity index (χ1v) is 5.76. The number of aryl methyl sites for hydroxylation is 1. The molecule has 1 aromatic heterocycles. The van der Waals surface area contributed by atoms with Gasteiger partial charge in [-0.1, -0.05) is 0 Å². The second-order valence-electron chi connectivity index (χ2n) is 4.59. The largest absolute Gasteiger partial charge is 0.368 e. The van der Waals surface area contributed by atoms with E-state index < -0.39 is 0 Å². The van der Waals surface area contributed by atoms with E-state index in [1.54, 1.807) is 6.20 Å². The van der Waals surface area contributed by atoms with Gasteiger partial charge in [-0.15, -0.1) is 0 Å². The van der Waals surface area contributed by atoms with Crippen LogP contribution in [-0.2, 0) is 18.4 Å². The van der Waals surface area contributed by atoms with Crippen LogP contribution in [-0.4, -0.2) is 58.0 Å². The number of aromatic nitrogens is 2. The first-order chi connectivity index (χ1) is 8.08. The van der Waals surface area contributed by atoms with E-state index >= 15 is 0 Å². The first kappa shape index (κ1) is 12.1. The van der Waals surface area contributed by atoms with Crippen molar-refractivity contribution in [2.75, 3.05) is 26.7 Å². The van der Waals surface area contributed by atoms with Crippen LogP contribution in [0.3, 0.4) is 0 Å². The molecule has 0 spiro atoms. The maximum atomic E-state index is 11.3. The lowest BCUT2D eigenvalue weighted by molar-refractivity contribution is -0.125. The molecule has 6 heteroatoms. The average Bonchev–Trinajstić information content (AvgIpc) is 2.67. The molecule has 0 radical (unpaired) electrons. The van der Waals surface area contributed by atoms with E-state index in [4.69, 9.17) is 5.73 Å². The van der Waals surface area contributed by atoms with Gasteiger partial charge in [-0.25, -0.2) is 4.98 Å². The molecular weight excluding hydrogens is 218 g/mol. The highest BCUT2D eigenvalue weighted by molar-refractivity contribution is 5.80. The fraction of sp³-hybridized carbons (Fsp3) is 0.636. The maximum absolute atomic E-state index is 11.3. The SMILES string of the molecule is CN1CCN(Cc2nccn2C)C[C@H]1C(N)=O. The standard InChI is InChI=1S/C11H19N5O/c1-14-5-6-16(7-9(14)11(12)17)8-10-13-3-4-15(10)2/h3-4,9H,5-8H2,1-2H3,(H2,12,17)/t9-/m0/s1. The number of piperazine rings is 1. The molecule has 1 amide bonds. The summed E-state index contributed by atoms with van der Waals surface area (Å²) in [4.78, 5) is 19.8. The highest BCUT2D eigenvalue weighted by atomic mass is 16.1. The molecule has 0 aliphatic carbocycles. The fourth-order valence-electron chi connectivity index (χ4n) is 2.13. The lowest BCUT2D eigenvalue weighted by Gasteiger charge is -2.37. The highest BCUT2D eigenvalue weighted by Gasteiger charge is 2.28. The summed E-state index contributed by atoms with van der Waals surface area (Å²) in [6.07, 6.45) is 3.72. The molecule has 1 saturated heterocycles. The molecule has 6 nitrogen and oxygen atoms in total. The molecular formula is C11H19N5O. The number of nitrogens with two attached hydrogens (primary N) is 1. The third kappa shape index (κ3) is 2.65. The Morgan fingerprint density at radius 1 is 1.53 bits per heavy atom. The van der Waals surface area contributed by atoms with Crippen LogP contribution < -0.4 is 5.73 Å². The van der Waals surface area contributed by atoms with Gasteiger partial charge in [0.25, 0.3) is 0 Å². The predicted molar refractivity (Wildman–Crippen MR) is 64.1 cm³/mol. The lowest BCUT2D eigenvalue weighted by Crippen LogP contribution is -2.56. The maximum Gasteiger partial charge on any atom is 0.236 e. The minimum absolute atomic E-state index is 0.191. The number of carbonyl (C=O) groups excluding carboxylic acids is 1. The number of imidazole rings is 1. The van der Waals surface area contributed by atoms with E-state index in [-0.39, 0.29) is 11.9 Å². The number of likely N-dealkylation sites (N-methyl/N-ethyl adjacent to an activating group) is 1. The third-order valence-corrected chi connectivity index (χ3v) is 3.35. The van der Waals surface area contributed by atoms with Gasteiger partial charge in [0.15, 0.2) is 0 Å². The number of carbonyl (C=O) groups is 1. The van der Waals surface area contributed by atoms with Crippen molar-refractivity contribution in [2.24, 2.45) is 12.8 Å². The van der Waals surface area contributed by atoms with Crippen molar-refractivity contribution in [1.82, 2.24) is 19.4 Å². The van der Waals surface area contributed by atoms with Crippen LogP contribution in [0.25, 0.3) is 0 Å². The van der Waals surface area contributed by atoms with Crippen molar-refractivity contribution in [2.45, 2.75) is 12.6 Å². The van der Waals surface area contributed by atoms with Crippen LogP contribution in [0.4, 0.5) is 0 Å². The molecule has 2 N–H and O–H groups in total. The molecule has 0 unspecified atom stereocenters. The zero-order valence-corrected chi connectivity index (χ0v) is 10.3. The van der Waals surface area contributed by atoms with Gasteiger partial charge in [0, 0.05) is 39.1 Å². The van der Waals surface area contributed by atoms with Crippen LogP contribution in [0.5, 0.6) is 0 Å². The number of rotatable bonds is 3. The second-order valence-corrected chi connectivity index (χ2v) is 4.59. The highest BCUT2D eigenvalue weighted by Crippen LogP contribution is 2.10. The van der Waals surface area contributed by atoms with Gasteiger partial charge in [-0.05, 0) is 7.05 Å². The molecule has 0 bridgehead atoms. The third-order valence-electron chi connectivity index (χ3n) is 3.35. The number of amides is 1. The molecule has 1 fully saturated rings. The van der Waals surface area contributed by atoms with Gasteiger partial charge in [0.05, 0.1) is 6.54 Å². The normalized spacial score (nSPS) is 22.8. The quantitative estimate of drug-likeness (QED) is 0.734. The van der Waals surface area contributed by atoms with Crippen molar-refractivity contribution < 1.29 is 4.79 Å². The fourth-order valence-corrected chi connectivity index (χ4v) is 2.13. The molecule has 94 valence electrons. The first-order valence-electron chi connectivity index (χ1n) is 5.76. The van der Waals surface area contributed by atoms with Crippen LogP contribution in [0.1, 0.15) is 5.82 Å². The Hall–Kier alpha value is -1.40. The summed E-state index contributed by atoms with van der Waals surface area (Å²) in [6, 6.07) is -0.191. The smallest absolute Gasteiger partial charge is 0.236 e. The van der Waals surface area contributed by atoms with Crippen molar-refractivity contribution in [3.63, 3.8) is 0 Å². The Labute approximate surface area is 101 Å². The summed E-state index contributed by atoms with van der Waals surface area (Å²) in [6.45, 7) is 3.24. The van der Waals surface area contributed by atoms with Crippen molar-refractivity contribution >= 4 is 5.91 Å². The molecule has 0 saturated carbocycles. The number of hydrogen-bond donors (Lipinski definition) is 1. The number of hydrogen-bond acceptors (Lipinski definition) is 4. The van der Waals surface area contributed by atoms with E-state index in [1.165, 1.54) is 0 Å². The molecule has 1 aromatic rings. The monoisotopic (exact) mass is 237 g/mol. The summed E-state index contributed by atoms with van der Waals surface area (Å²) >= 11 is 0. The summed E-state index contributed by atoms with van der Waals surface area (Å²) in [5.41, 5.74) is 5.40. The Morgan fingerprint density at radius 2 is 2.29 bits per heavy atom. The molecule has 2 rings (SSSR count). The van der Waals surface area contributed by atoms with Crippen molar-refractivity contribution in [3.05, 3.63) is 18.2 Å². The van der Waals surface area contributed by atoms with Gasteiger partial charge >= 0.3 is 0 Å². The summed E-state index contributed by atoms with van der Waals surface area (Å²) in [5.74, 6) is 0.759. The zero-order chi connectivity index (χ0) is 12.4. The lowest BCUT2D eigenvalue weighted by atomic mass is 10.1. The van der Waals surface area contributed by atoms with Gasteiger partial charge < -0.3 is 10.3 Å². The van der Waals surface area contributed by atoms with Crippen LogP contribution >= 0.6 is 0 Å².